The molecule has 0 spiro atoms. The molecule has 9 heteroatoms. The molecule has 37 heavy (non-hydrogen) atoms. The first-order chi connectivity index (χ1) is 17.6. The molecule has 0 N–H and O–H groups in total. The monoisotopic (exact) mass is 563 g/mol. The van der Waals surface area contributed by atoms with Gasteiger partial charge in [0.25, 0.3) is 5.91 Å². The number of likely N-dealkylation sites (tertiary alicyclic amines) is 2. The summed E-state index contributed by atoms with van der Waals surface area (Å²) in [5.41, 5.74) is 1.51. The van der Waals surface area contributed by atoms with Crippen LogP contribution in [0, 0.1) is 5.92 Å². The lowest BCUT2D eigenvalue weighted by Gasteiger charge is -2.44. The van der Waals surface area contributed by atoms with Gasteiger partial charge in [-0.3, -0.25) is 19.3 Å². The fourth-order valence-corrected chi connectivity index (χ4v) is 5.96. The normalized spacial score (nSPS) is 21.1. The highest BCUT2D eigenvalue weighted by Crippen LogP contribution is 2.35. The van der Waals surface area contributed by atoms with E-state index in [9.17, 15) is 14.4 Å². The van der Waals surface area contributed by atoms with Gasteiger partial charge in [-0.15, -0.1) is 0 Å². The minimum Gasteiger partial charge on any atom is -0.342 e. The molecule has 0 aliphatic carbocycles. The van der Waals surface area contributed by atoms with Gasteiger partial charge < -0.3 is 9.80 Å². The molecule has 2 aliphatic heterocycles. The molecule has 2 fully saturated rings. The lowest BCUT2D eigenvalue weighted by Crippen LogP contribution is -2.53. The number of hydrogen-bond donors (Lipinski definition) is 0. The van der Waals surface area contributed by atoms with Crippen LogP contribution in [0.3, 0.4) is 0 Å². The number of likely N-dealkylation sites (N-methyl/N-ethyl adjacent to an activating group) is 1. The zero-order valence-electron chi connectivity index (χ0n) is 21.1. The van der Waals surface area contributed by atoms with Crippen LogP contribution in [-0.4, -0.2) is 78.1 Å². The average Bonchev–Trinajstić information content (AvgIpc) is 2.89. The Morgan fingerprint density at radius 1 is 0.919 bits per heavy atom. The van der Waals surface area contributed by atoms with Crippen molar-refractivity contribution in [1.82, 2.24) is 14.7 Å². The Labute approximate surface area is 233 Å². The minimum absolute atomic E-state index is 0.0531. The van der Waals surface area contributed by atoms with Crippen molar-refractivity contribution in [2.45, 2.75) is 38.1 Å². The molecule has 0 saturated carbocycles. The van der Waals surface area contributed by atoms with E-state index in [0.29, 0.717) is 46.7 Å². The molecule has 0 bridgehead atoms. The van der Waals surface area contributed by atoms with E-state index in [1.807, 2.05) is 24.1 Å². The van der Waals surface area contributed by atoms with Crippen molar-refractivity contribution in [3.63, 3.8) is 0 Å². The van der Waals surface area contributed by atoms with Crippen LogP contribution in [0.5, 0.6) is 0 Å². The standard InChI is InChI=1S/C28H32Cl3N3O3/c1-18(35)16-33-12-9-20(10-13-33)28(37)34-14-11-26(23(17-34)21-5-8-24(30)25(31)15-21)32(2)27(36)19-3-6-22(29)7-4-19/h3-8,15,20,23,26H,9-14,16-17H2,1-2H3/t23-,26+/m0/s1. The van der Waals surface area contributed by atoms with Crippen molar-refractivity contribution >= 4 is 52.4 Å². The number of piperidine rings is 2. The first-order valence-corrected chi connectivity index (χ1v) is 13.8. The Hall–Kier alpha value is -2.12. The first-order valence-electron chi connectivity index (χ1n) is 12.6. The molecule has 2 saturated heterocycles. The summed E-state index contributed by atoms with van der Waals surface area (Å²) in [4.78, 5) is 44.2. The second-order valence-corrected chi connectivity index (χ2v) is 11.3. The van der Waals surface area contributed by atoms with Crippen molar-refractivity contribution in [3.8, 4) is 0 Å². The third kappa shape index (κ3) is 6.66. The van der Waals surface area contributed by atoms with Gasteiger partial charge >= 0.3 is 0 Å². The van der Waals surface area contributed by atoms with Crippen molar-refractivity contribution < 1.29 is 14.4 Å². The largest absolute Gasteiger partial charge is 0.342 e. The number of amides is 2. The maximum Gasteiger partial charge on any atom is 0.253 e. The summed E-state index contributed by atoms with van der Waals surface area (Å²) in [6.45, 7) is 4.61. The molecule has 2 heterocycles. The molecule has 4 rings (SSSR count). The summed E-state index contributed by atoms with van der Waals surface area (Å²) >= 11 is 18.6. The number of Topliss-reactive ketones (excluding diaryl/α,β-unsaturated/α-hetero) is 1. The Bertz CT molecular complexity index is 1150. The number of carbonyl (C=O) groups excluding carboxylic acids is 3. The Morgan fingerprint density at radius 2 is 1.59 bits per heavy atom. The highest BCUT2D eigenvalue weighted by Gasteiger charge is 2.39. The van der Waals surface area contributed by atoms with E-state index in [1.54, 1.807) is 42.2 Å². The van der Waals surface area contributed by atoms with Crippen molar-refractivity contribution in [1.29, 1.82) is 0 Å². The average molecular weight is 565 g/mol. The van der Waals surface area contributed by atoms with Crippen LogP contribution in [-0.2, 0) is 9.59 Å². The molecule has 2 aromatic rings. The molecule has 198 valence electrons. The number of ketones is 1. The van der Waals surface area contributed by atoms with Crippen LogP contribution >= 0.6 is 34.8 Å². The SMILES string of the molecule is CC(=O)CN1CCC(C(=O)N2CC[C@@H](N(C)C(=O)c3ccc(Cl)cc3)[C@H](c3ccc(Cl)c(Cl)c3)C2)CC1. The van der Waals surface area contributed by atoms with E-state index in [0.717, 1.165) is 31.5 Å². The molecule has 0 unspecified atom stereocenters. The minimum atomic E-state index is -0.123. The molecular weight excluding hydrogens is 533 g/mol. The topological polar surface area (TPSA) is 60.9 Å². The molecule has 2 amide bonds. The molecule has 0 aromatic heterocycles. The van der Waals surface area contributed by atoms with Gasteiger partial charge in [0.1, 0.15) is 5.78 Å². The van der Waals surface area contributed by atoms with Gasteiger partial charge in [-0.2, -0.15) is 0 Å². The van der Waals surface area contributed by atoms with Crippen LogP contribution in [0.1, 0.15) is 48.0 Å². The van der Waals surface area contributed by atoms with E-state index < -0.39 is 0 Å². The quantitative estimate of drug-likeness (QED) is 0.471. The molecule has 2 aromatic carbocycles. The van der Waals surface area contributed by atoms with Crippen molar-refractivity contribution in [3.05, 3.63) is 68.7 Å². The van der Waals surface area contributed by atoms with Crippen LogP contribution in [0.25, 0.3) is 0 Å². The summed E-state index contributed by atoms with van der Waals surface area (Å²) in [7, 11) is 1.81. The summed E-state index contributed by atoms with van der Waals surface area (Å²) in [6.07, 6.45) is 2.15. The highest BCUT2D eigenvalue weighted by atomic mass is 35.5. The molecule has 0 radical (unpaired) electrons. The smallest absolute Gasteiger partial charge is 0.253 e. The van der Waals surface area contributed by atoms with E-state index >= 15 is 0 Å². The molecule has 6 nitrogen and oxygen atoms in total. The second-order valence-electron chi connectivity index (χ2n) is 10.1. The third-order valence-electron chi connectivity index (χ3n) is 7.55. The summed E-state index contributed by atoms with van der Waals surface area (Å²) in [5, 5.41) is 1.49. The van der Waals surface area contributed by atoms with Gasteiger partial charge in [-0.1, -0.05) is 40.9 Å². The zero-order valence-corrected chi connectivity index (χ0v) is 23.4. The number of nitrogens with zero attached hydrogens (tertiary/aromatic N) is 3. The van der Waals surface area contributed by atoms with Crippen LogP contribution in [0.4, 0.5) is 0 Å². The van der Waals surface area contributed by atoms with E-state index in [2.05, 4.69) is 4.90 Å². The van der Waals surface area contributed by atoms with Gasteiger partial charge in [0.2, 0.25) is 5.91 Å². The lowest BCUT2D eigenvalue weighted by atomic mass is 9.83. The lowest BCUT2D eigenvalue weighted by molar-refractivity contribution is -0.139. The Balaban J connectivity index is 1.52. The van der Waals surface area contributed by atoms with Gasteiger partial charge in [-0.05, 0) is 81.2 Å². The van der Waals surface area contributed by atoms with Gasteiger partial charge in [-0.25, -0.2) is 0 Å². The van der Waals surface area contributed by atoms with Crippen molar-refractivity contribution in [2.24, 2.45) is 5.92 Å². The molecule has 2 aliphatic rings. The van der Waals surface area contributed by atoms with Crippen LogP contribution in [0.2, 0.25) is 15.1 Å². The summed E-state index contributed by atoms with van der Waals surface area (Å²) in [6, 6.07) is 12.3. The molecular formula is C28H32Cl3N3O3. The summed E-state index contributed by atoms with van der Waals surface area (Å²) < 4.78 is 0. The fraction of sp³-hybridized carbons (Fsp3) is 0.464. The first kappa shape index (κ1) is 27.9. The van der Waals surface area contributed by atoms with Crippen molar-refractivity contribution in [2.75, 3.05) is 39.8 Å². The zero-order chi connectivity index (χ0) is 26.7. The maximum atomic E-state index is 13.5. The Kier molecular flexibility index (Phi) is 9.17. The van der Waals surface area contributed by atoms with Crippen LogP contribution < -0.4 is 0 Å². The van der Waals surface area contributed by atoms with E-state index in [-0.39, 0.29) is 35.5 Å². The van der Waals surface area contributed by atoms with Crippen LogP contribution in [0.15, 0.2) is 42.5 Å². The summed E-state index contributed by atoms with van der Waals surface area (Å²) in [5.74, 6) is 0.0322. The Morgan fingerprint density at radius 3 is 2.22 bits per heavy atom. The predicted octanol–water partition coefficient (Wildman–Crippen LogP) is 5.40. The number of benzene rings is 2. The van der Waals surface area contributed by atoms with Gasteiger partial charge in [0.05, 0.1) is 16.6 Å². The highest BCUT2D eigenvalue weighted by molar-refractivity contribution is 6.42. The fourth-order valence-electron chi connectivity index (χ4n) is 5.53. The van der Waals surface area contributed by atoms with E-state index in [4.69, 9.17) is 34.8 Å². The predicted molar refractivity (Wildman–Crippen MR) is 148 cm³/mol. The maximum absolute atomic E-state index is 13.5. The number of carbonyl (C=O) groups is 3. The second kappa shape index (κ2) is 12.2. The van der Waals surface area contributed by atoms with E-state index in [1.165, 1.54) is 0 Å². The van der Waals surface area contributed by atoms with Gasteiger partial charge in [0.15, 0.2) is 0 Å². The third-order valence-corrected chi connectivity index (χ3v) is 8.54. The van der Waals surface area contributed by atoms with Gasteiger partial charge in [0, 0.05) is 48.6 Å². The number of rotatable bonds is 6. The number of hydrogen-bond acceptors (Lipinski definition) is 4. The number of halogens is 3. The molecule has 2 atom stereocenters.